The van der Waals surface area contributed by atoms with E-state index in [1.165, 1.54) is 0 Å². The van der Waals surface area contributed by atoms with Crippen molar-refractivity contribution < 1.29 is 0 Å². The largest absolute Gasteiger partial charge is 0.323 e. The molecule has 0 amide bonds. The van der Waals surface area contributed by atoms with Gasteiger partial charge in [-0.05, 0) is 56.2 Å². The van der Waals surface area contributed by atoms with Crippen molar-refractivity contribution in [2.24, 2.45) is 5.73 Å². The summed E-state index contributed by atoms with van der Waals surface area (Å²) >= 11 is 5.63. The predicted octanol–water partition coefficient (Wildman–Crippen LogP) is 2.97. The average molecular weight is 351 g/mol. The first-order valence-electron chi connectivity index (χ1n) is 3.72. The highest BCUT2D eigenvalue weighted by Gasteiger charge is 2.06. The van der Waals surface area contributed by atoms with Crippen LogP contribution in [0.4, 0.5) is 0 Å². The Balaban J connectivity index is 2.91. The van der Waals surface area contributed by atoms with Gasteiger partial charge in [0.25, 0.3) is 0 Å². The summed E-state index contributed by atoms with van der Waals surface area (Å²) in [7, 11) is 0. The first kappa shape index (κ1) is 11.0. The van der Waals surface area contributed by atoms with Gasteiger partial charge in [-0.3, -0.25) is 0 Å². The Labute approximate surface area is 99.4 Å². The quantitative estimate of drug-likeness (QED) is 0.833. The van der Waals surface area contributed by atoms with Crippen LogP contribution in [-0.4, -0.2) is 0 Å². The zero-order valence-electron chi connectivity index (χ0n) is 6.80. The molecule has 0 bridgehead atoms. The topological polar surface area (TPSA) is 49.8 Å². The smallest absolute Gasteiger partial charge is 0.0641 e. The SMILES string of the molecule is N#CC[C@H](N)c1ccc(Br)c(I)c1. The number of hydrogen-bond acceptors (Lipinski definition) is 2. The molecule has 0 saturated heterocycles. The number of halogens is 2. The molecule has 13 heavy (non-hydrogen) atoms. The first-order chi connectivity index (χ1) is 6.15. The molecule has 0 radical (unpaired) electrons. The second-order valence-electron chi connectivity index (χ2n) is 2.64. The maximum Gasteiger partial charge on any atom is 0.0641 e. The lowest BCUT2D eigenvalue weighted by molar-refractivity contribution is 0.747. The van der Waals surface area contributed by atoms with Crippen LogP contribution >= 0.6 is 38.5 Å². The molecule has 0 aliphatic carbocycles. The van der Waals surface area contributed by atoms with Crippen LogP contribution in [0.5, 0.6) is 0 Å². The fourth-order valence-corrected chi connectivity index (χ4v) is 1.75. The van der Waals surface area contributed by atoms with E-state index in [-0.39, 0.29) is 6.04 Å². The van der Waals surface area contributed by atoms with Crippen LogP contribution in [0.25, 0.3) is 0 Å². The van der Waals surface area contributed by atoms with E-state index in [0.717, 1.165) is 13.6 Å². The molecular weight excluding hydrogens is 343 g/mol. The van der Waals surface area contributed by atoms with Gasteiger partial charge < -0.3 is 5.73 Å². The minimum absolute atomic E-state index is 0.174. The second-order valence-corrected chi connectivity index (χ2v) is 4.66. The van der Waals surface area contributed by atoms with E-state index < -0.39 is 0 Å². The van der Waals surface area contributed by atoms with E-state index in [4.69, 9.17) is 11.0 Å². The zero-order valence-corrected chi connectivity index (χ0v) is 10.5. The fraction of sp³-hybridized carbons (Fsp3) is 0.222. The van der Waals surface area contributed by atoms with Crippen LogP contribution in [0.2, 0.25) is 0 Å². The van der Waals surface area contributed by atoms with Crippen LogP contribution in [0.15, 0.2) is 22.7 Å². The molecule has 1 rings (SSSR count). The summed E-state index contributed by atoms with van der Waals surface area (Å²) in [6.07, 6.45) is 0.359. The Kier molecular flexibility index (Phi) is 4.16. The number of benzene rings is 1. The Morgan fingerprint density at radius 1 is 1.62 bits per heavy atom. The Morgan fingerprint density at radius 3 is 2.85 bits per heavy atom. The van der Waals surface area contributed by atoms with Crippen LogP contribution < -0.4 is 5.73 Å². The van der Waals surface area contributed by atoms with Crippen LogP contribution in [0, 0.1) is 14.9 Å². The number of nitrogens with zero attached hydrogens (tertiary/aromatic N) is 1. The lowest BCUT2D eigenvalue weighted by Crippen LogP contribution is -2.09. The molecule has 0 saturated carbocycles. The zero-order chi connectivity index (χ0) is 9.84. The molecule has 0 aliphatic heterocycles. The minimum atomic E-state index is -0.174. The Bertz CT molecular complexity index is 346. The predicted molar refractivity (Wildman–Crippen MR) is 64.0 cm³/mol. The molecule has 1 atom stereocenters. The fourth-order valence-electron chi connectivity index (χ4n) is 0.959. The van der Waals surface area contributed by atoms with Crippen molar-refractivity contribution in [3.8, 4) is 6.07 Å². The van der Waals surface area contributed by atoms with Gasteiger partial charge in [0, 0.05) is 14.1 Å². The van der Waals surface area contributed by atoms with Crippen molar-refractivity contribution in [3.05, 3.63) is 31.8 Å². The highest BCUT2D eigenvalue weighted by Crippen LogP contribution is 2.23. The van der Waals surface area contributed by atoms with Crippen molar-refractivity contribution in [1.82, 2.24) is 0 Å². The summed E-state index contributed by atoms with van der Waals surface area (Å²) in [6.45, 7) is 0. The molecule has 0 aromatic heterocycles. The van der Waals surface area contributed by atoms with Gasteiger partial charge in [0.2, 0.25) is 0 Å². The van der Waals surface area contributed by atoms with Gasteiger partial charge in [0.05, 0.1) is 12.5 Å². The number of hydrogen-bond donors (Lipinski definition) is 1. The molecule has 4 heteroatoms. The molecule has 68 valence electrons. The number of rotatable bonds is 2. The molecular formula is C9H8BrIN2. The molecule has 1 aromatic rings. The first-order valence-corrected chi connectivity index (χ1v) is 5.60. The number of nitrogens with two attached hydrogens (primary N) is 1. The normalized spacial score (nSPS) is 12.2. The third kappa shape index (κ3) is 2.93. The lowest BCUT2D eigenvalue weighted by atomic mass is 10.1. The van der Waals surface area contributed by atoms with Crippen LogP contribution in [-0.2, 0) is 0 Å². The van der Waals surface area contributed by atoms with Gasteiger partial charge in [-0.25, -0.2) is 0 Å². The summed E-state index contributed by atoms with van der Waals surface area (Å²) in [5.41, 5.74) is 6.79. The van der Waals surface area contributed by atoms with E-state index in [2.05, 4.69) is 44.6 Å². The maximum absolute atomic E-state index is 8.48. The highest BCUT2D eigenvalue weighted by molar-refractivity contribution is 14.1. The van der Waals surface area contributed by atoms with Crippen molar-refractivity contribution >= 4 is 38.5 Å². The van der Waals surface area contributed by atoms with Crippen LogP contribution in [0.1, 0.15) is 18.0 Å². The summed E-state index contributed by atoms with van der Waals surface area (Å²) in [5, 5.41) is 8.48. The molecule has 0 heterocycles. The van der Waals surface area contributed by atoms with Gasteiger partial charge in [0.1, 0.15) is 0 Å². The maximum atomic E-state index is 8.48. The standard InChI is InChI=1S/C9H8BrIN2/c10-7-2-1-6(5-8(7)11)9(13)3-4-12/h1-2,5,9H,3,13H2/t9-/m0/s1. The second kappa shape index (κ2) is 4.94. The van der Waals surface area contributed by atoms with E-state index in [9.17, 15) is 0 Å². The summed E-state index contributed by atoms with van der Waals surface area (Å²) in [4.78, 5) is 0. The Hall–Kier alpha value is -0.120. The molecule has 2 N–H and O–H groups in total. The molecule has 0 unspecified atom stereocenters. The summed E-state index contributed by atoms with van der Waals surface area (Å²) < 4.78 is 2.17. The summed E-state index contributed by atoms with van der Waals surface area (Å²) in [5.74, 6) is 0. The van der Waals surface area contributed by atoms with Crippen molar-refractivity contribution in [3.63, 3.8) is 0 Å². The third-order valence-electron chi connectivity index (χ3n) is 1.68. The van der Waals surface area contributed by atoms with Crippen molar-refractivity contribution in [1.29, 1.82) is 5.26 Å². The molecule has 2 nitrogen and oxygen atoms in total. The van der Waals surface area contributed by atoms with E-state index in [1.54, 1.807) is 0 Å². The summed E-state index contributed by atoms with van der Waals surface area (Å²) in [6, 6.07) is 7.77. The molecule has 0 spiro atoms. The monoisotopic (exact) mass is 350 g/mol. The van der Waals surface area contributed by atoms with Gasteiger partial charge >= 0.3 is 0 Å². The van der Waals surface area contributed by atoms with Gasteiger partial charge in [-0.2, -0.15) is 5.26 Å². The average Bonchev–Trinajstić information content (AvgIpc) is 2.10. The lowest BCUT2D eigenvalue weighted by Gasteiger charge is -2.08. The van der Waals surface area contributed by atoms with E-state index >= 15 is 0 Å². The van der Waals surface area contributed by atoms with Gasteiger partial charge in [-0.1, -0.05) is 6.07 Å². The highest BCUT2D eigenvalue weighted by atomic mass is 127. The van der Waals surface area contributed by atoms with Crippen LogP contribution in [0.3, 0.4) is 0 Å². The van der Waals surface area contributed by atoms with Gasteiger partial charge in [-0.15, -0.1) is 0 Å². The van der Waals surface area contributed by atoms with Crippen molar-refractivity contribution in [2.45, 2.75) is 12.5 Å². The third-order valence-corrected chi connectivity index (χ3v) is 4.01. The van der Waals surface area contributed by atoms with Gasteiger partial charge in [0.15, 0.2) is 0 Å². The minimum Gasteiger partial charge on any atom is -0.323 e. The van der Waals surface area contributed by atoms with E-state index in [1.807, 2.05) is 18.2 Å². The Morgan fingerprint density at radius 2 is 2.31 bits per heavy atom. The molecule has 0 aliphatic rings. The van der Waals surface area contributed by atoms with E-state index in [0.29, 0.717) is 6.42 Å². The number of nitriles is 1. The molecule has 0 fully saturated rings. The van der Waals surface area contributed by atoms with Crippen molar-refractivity contribution in [2.75, 3.05) is 0 Å². The molecule has 1 aromatic carbocycles.